The maximum atomic E-state index is 11.2. The van der Waals surface area contributed by atoms with Gasteiger partial charge in [0.2, 0.25) is 5.91 Å². The summed E-state index contributed by atoms with van der Waals surface area (Å²) in [6.07, 6.45) is 4.43. The van der Waals surface area contributed by atoms with Gasteiger partial charge in [-0.05, 0) is 53.6 Å². The van der Waals surface area contributed by atoms with Crippen molar-refractivity contribution in [1.29, 1.82) is 0 Å². The Morgan fingerprint density at radius 3 is 2.68 bits per heavy atom. The number of carbonyl (C=O) groups is 1. The quantitative estimate of drug-likeness (QED) is 0.563. The topological polar surface area (TPSA) is 83.0 Å². The Labute approximate surface area is 162 Å². The van der Waals surface area contributed by atoms with E-state index in [4.69, 9.17) is 10.5 Å². The Balaban J connectivity index is 1.43. The van der Waals surface area contributed by atoms with Crippen LogP contribution in [0.2, 0.25) is 0 Å². The summed E-state index contributed by atoms with van der Waals surface area (Å²) in [5.74, 6) is 0.384. The molecule has 0 atom stereocenters. The highest BCUT2D eigenvalue weighted by molar-refractivity contribution is 5.92. The summed E-state index contributed by atoms with van der Waals surface area (Å²) in [5, 5.41) is 5.42. The van der Waals surface area contributed by atoms with Crippen molar-refractivity contribution in [2.45, 2.75) is 13.0 Å². The van der Waals surface area contributed by atoms with Gasteiger partial charge in [0.25, 0.3) is 0 Å². The van der Waals surface area contributed by atoms with Crippen LogP contribution in [0.3, 0.4) is 0 Å². The second kappa shape index (κ2) is 7.52. The van der Waals surface area contributed by atoms with E-state index in [9.17, 15) is 4.79 Å². The van der Waals surface area contributed by atoms with Crippen molar-refractivity contribution in [2.24, 2.45) is 12.8 Å². The molecule has 0 aliphatic rings. The molecule has 6 nitrogen and oxygen atoms in total. The van der Waals surface area contributed by atoms with Gasteiger partial charge in [0.1, 0.15) is 12.4 Å². The van der Waals surface area contributed by atoms with Gasteiger partial charge in [0.15, 0.2) is 0 Å². The van der Waals surface area contributed by atoms with Crippen LogP contribution >= 0.6 is 0 Å². The van der Waals surface area contributed by atoms with Gasteiger partial charge in [0.05, 0.1) is 5.52 Å². The molecule has 0 spiro atoms. The summed E-state index contributed by atoms with van der Waals surface area (Å²) in [6, 6.07) is 17.1. The molecule has 0 fully saturated rings. The molecule has 140 valence electrons. The molecule has 6 heteroatoms. The van der Waals surface area contributed by atoms with Crippen LogP contribution in [0.4, 0.5) is 0 Å². The summed E-state index contributed by atoms with van der Waals surface area (Å²) >= 11 is 0. The van der Waals surface area contributed by atoms with Crippen LogP contribution in [0, 0.1) is 0 Å². The fraction of sp³-hybridized carbons (Fsp3) is 0.136. The van der Waals surface area contributed by atoms with Crippen molar-refractivity contribution in [3.05, 3.63) is 89.4 Å². The number of fused-ring (bicyclic) bond motifs is 1. The number of ether oxygens (including phenoxy) is 1. The van der Waals surface area contributed by atoms with Gasteiger partial charge >= 0.3 is 0 Å². The predicted octanol–water partition coefficient (Wildman–Crippen LogP) is 3.24. The number of hydrogen-bond donors (Lipinski definition) is 1. The molecule has 0 bridgehead atoms. The van der Waals surface area contributed by atoms with E-state index in [1.807, 2.05) is 55.7 Å². The van der Waals surface area contributed by atoms with Crippen molar-refractivity contribution >= 4 is 16.8 Å². The molecular weight excluding hydrogens is 352 g/mol. The Morgan fingerprint density at radius 2 is 1.89 bits per heavy atom. The highest BCUT2D eigenvalue weighted by Crippen LogP contribution is 2.20. The number of aromatic nitrogens is 3. The summed E-state index contributed by atoms with van der Waals surface area (Å²) in [5.41, 5.74) is 9.79. The molecule has 1 amide bonds. The van der Waals surface area contributed by atoms with Crippen LogP contribution in [0.25, 0.3) is 10.9 Å². The number of rotatable bonds is 6. The third kappa shape index (κ3) is 4.01. The third-order valence-electron chi connectivity index (χ3n) is 4.50. The minimum atomic E-state index is -0.423. The number of hydrogen-bond acceptors (Lipinski definition) is 4. The predicted molar refractivity (Wildman–Crippen MR) is 107 cm³/mol. The molecule has 2 aromatic heterocycles. The van der Waals surface area contributed by atoms with Gasteiger partial charge in [0, 0.05) is 42.5 Å². The van der Waals surface area contributed by atoms with E-state index in [2.05, 4.69) is 10.1 Å². The number of aryl methyl sites for hydroxylation is 1. The number of primary amides is 1. The number of nitrogens with zero attached hydrogens (tertiary/aromatic N) is 3. The Hall–Kier alpha value is -3.67. The smallest absolute Gasteiger partial charge is 0.248 e. The molecule has 2 heterocycles. The molecule has 2 aromatic carbocycles. The zero-order valence-corrected chi connectivity index (χ0v) is 15.5. The first-order valence-corrected chi connectivity index (χ1v) is 8.95. The molecule has 0 aliphatic carbocycles. The first kappa shape index (κ1) is 17.7. The zero-order chi connectivity index (χ0) is 19.5. The second-order valence-electron chi connectivity index (χ2n) is 6.71. The van der Waals surface area contributed by atoms with Crippen molar-refractivity contribution in [3.63, 3.8) is 0 Å². The van der Waals surface area contributed by atoms with Gasteiger partial charge < -0.3 is 10.5 Å². The van der Waals surface area contributed by atoms with Gasteiger partial charge in [-0.25, -0.2) is 0 Å². The third-order valence-corrected chi connectivity index (χ3v) is 4.50. The first-order valence-electron chi connectivity index (χ1n) is 8.95. The van der Waals surface area contributed by atoms with Crippen molar-refractivity contribution in [3.8, 4) is 5.75 Å². The van der Waals surface area contributed by atoms with Gasteiger partial charge in [-0.1, -0.05) is 12.1 Å². The van der Waals surface area contributed by atoms with Gasteiger partial charge in [-0.2, -0.15) is 5.10 Å². The highest BCUT2D eigenvalue weighted by Gasteiger charge is 2.05. The largest absolute Gasteiger partial charge is 0.489 e. The maximum absolute atomic E-state index is 11.2. The van der Waals surface area contributed by atoms with Crippen LogP contribution in [0.5, 0.6) is 5.75 Å². The zero-order valence-electron chi connectivity index (χ0n) is 15.5. The summed E-state index contributed by atoms with van der Waals surface area (Å²) in [7, 11) is 1.90. The minimum Gasteiger partial charge on any atom is -0.489 e. The van der Waals surface area contributed by atoms with Crippen molar-refractivity contribution in [2.75, 3.05) is 0 Å². The Morgan fingerprint density at radius 1 is 1.07 bits per heavy atom. The van der Waals surface area contributed by atoms with Gasteiger partial charge in [-0.15, -0.1) is 0 Å². The van der Waals surface area contributed by atoms with Crippen LogP contribution < -0.4 is 10.5 Å². The average molecular weight is 372 g/mol. The summed E-state index contributed by atoms with van der Waals surface area (Å²) in [6.45, 7) is 0.460. The molecule has 0 radical (unpaired) electrons. The lowest BCUT2D eigenvalue weighted by atomic mass is 10.1. The lowest BCUT2D eigenvalue weighted by Crippen LogP contribution is -2.10. The van der Waals surface area contributed by atoms with Crippen LogP contribution in [-0.4, -0.2) is 20.7 Å². The first-order chi connectivity index (χ1) is 13.6. The Kier molecular flexibility index (Phi) is 4.76. The van der Waals surface area contributed by atoms with E-state index in [-0.39, 0.29) is 0 Å². The monoisotopic (exact) mass is 372 g/mol. The van der Waals surface area contributed by atoms with E-state index < -0.39 is 5.91 Å². The maximum Gasteiger partial charge on any atom is 0.248 e. The summed E-state index contributed by atoms with van der Waals surface area (Å²) in [4.78, 5) is 15.6. The number of carbonyl (C=O) groups excluding carboxylic acids is 1. The molecule has 0 saturated heterocycles. The van der Waals surface area contributed by atoms with E-state index in [0.29, 0.717) is 18.6 Å². The second-order valence-corrected chi connectivity index (χ2v) is 6.71. The van der Waals surface area contributed by atoms with Gasteiger partial charge in [-0.3, -0.25) is 14.5 Å². The van der Waals surface area contributed by atoms with E-state index >= 15 is 0 Å². The Bertz CT molecular complexity index is 1130. The molecule has 0 unspecified atom stereocenters. The number of amides is 1. The summed E-state index contributed by atoms with van der Waals surface area (Å²) < 4.78 is 7.73. The van der Waals surface area contributed by atoms with Crippen LogP contribution in [0.1, 0.15) is 27.2 Å². The lowest BCUT2D eigenvalue weighted by Gasteiger charge is -2.08. The lowest BCUT2D eigenvalue weighted by molar-refractivity contribution is 0.100. The van der Waals surface area contributed by atoms with E-state index in [0.717, 1.165) is 33.5 Å². The van der Waals surface area contributed by atoms with E-state index in [1.165, 1.54) is 0 Å². The molecule has 0 aliphatic heterocycles. The fourth-order valence-corrected chi connectivity index (χ4v) is 3.09. The molecule has 4 rings (SSSR count). The molecule has 4 aromatic rings. The minimum absolute atomic E-state index is 0.423. The molecule has 0 saturated carbocycles. The molecule has 2 N–H and O–H groups in total. The SMILES string of the molecule is Cn1cc2cc(OCc3ccnc(Cc4ccc(C(N)=O)cc4)c3)ccc2n1. The standard InChI is InChI=1S/C22H20N4O2/c1-26-13-18-12-20(6-7-21(18)25-26)28-14-16-8-9-24-19(11-16)10-15-2-4-17(5-3-15)22(23)27/h2-9,11-13H,10,14H2,1H3,(H2,23,27). The fourth-order valence-electron chi connectivity index (χ4n) is 3.09. The molecular formula is C22H20N4O2. The number of benzene rings is 2. The van der Waals surface area contributed by atoms with Crippen LogP contribution in [0.15, 0.2) is 67.0 Å². The highest BCUT2D eigenvalue weighted by atomic mass is 16.5. The van der Waals surface area contributed by atoms with E-state index in [1.54, 1.807) is 23.0 Å². The van der Waals surface area contributed by atoms with Crippen molar-refractivity contribution < 1.29 is 9.53 Å². The molecule has 28 heavy (non-hydrogen) atoms. The number of pyridine rings is 1. The van der Waals surface area contributed by atoms with Crippen LogP contribution in [-0.2, 0) is 20.1 Å². The normalized spacial score (nSPS) is 10.9. The average Bonchev–Trinajstić information content (AvgIpc) is 3.06. The number of nitrogens with two attached hydrogens (primary N) is 1. The van der Waals surface area contributed by atoms with Crippen molar-refractivity contribution in [1.82, 2.24) is 14.8 Å².